The van der Waals surface area contributed by atoms with Crippen molar-refractivity contribution in [3.8, 4) is 5.75 Å². The molecular formula is C12H16F2N2O. The summed E-state index contributed by atoms with van der Waals surface area (Å²) in [5, 5.41) is 11.0. The van der Waals surface area contributed by atoms with Crippen molar-refractivity contribution in [2.45, 2.75) is 25.8 Å². The number of hydrogen-bond acceptors (Lipinski definition) is 3. The number of hydrazine groups is 1. The lowest BCUT2D eigenvalue weighted by molar-refractivity contribution is 0.151. The summed E-state index contributed by atoms with van der Waals surface area (Å²) >= 11 is 0. The Morgan fingerprint density at radius 1 is 1.12 bits per heavy atom. The van der Waals surface area contributed by atoms with Crippen LogP contribution in [0.25, 0.3) is 0 Å². The summed E-state index contributed by atoms with van der Waals surface area (Å²) in [6.45, 7) is 2.29. The first-order valence-corrected chi connectivity index (χ1v) is 5.82. The molecule has 0 atom stereocenters. The van der Waals surface area contributed by atoms with Crippen LogP contribution in [0.1, 0.15) is 24.8 Å². The molecular weight excluding hydrogens is 226 g/mol. The van der Waals surface area contributed by atoms with Crippen molar-refractivity contribution >= 4 is 0 Å². The van der Waals surface area contributed by atoms with Crippen LogP contribution in [0, 0.1) is 11.6 Å². The van der Waals surface area contributed by atoms with Crippen LogP contribution in [-0.2, 0) is 6.54 Å². The van der Waals surface area contributed by atoms with Gasteiger partial charge in [0.25, 0.3) is 0 Å². The SMILES string of the molecule is Oc1c(F)cc(CNN2CCCCC2)cc1F. The van der Waals surface area contributed by atoms with Crippen molar-refractivity contribution in [1.29, 1.82) is 0 Å². The maximum Gasteiger partial charge on any atom is 0.187 e. The Bertz CT molecular complexity index is 369. The first kappa shape index (κ1) is 12.3. The molecule has 3 nitrogen and oxygen atoms in total. The number of benzene rings is 1. The topological polar surface area (TPSA) is 35.5 Å². The van der Waals surface area contributed by atoms with Crippen molar-refractivity contribution < 1.29 is 13.9 Å². The lowest BCUT2D eigenvalue weighted by Gasteiger charge is -2.27. The van der Waals surface area contributed by atoms with Gasteiger partial charge >= 0.3 is 0 Å². The van der Waals surface area contributed by atoms with Gasteiger partial charge in [-0.05, 0) is 30.5 Å². The monoisotopic (exact) mass is 242 g/mol. The Labute approximate surface area is 99.0 Å². The molecule has 1 fully saturated rings. The van der Waals surface area contributed by atoms with Crippen molar-refractivity contribution in [1.82, 2.24) is 10.4 Å². The van der Waals surface area contributed by atoms with Crippen LogP contribution in [0.2, 0.25) is 0 Å². The normalized spacial score (nSPS) is 17.3. The average Bonchev–Trinajstić information content (AvgIpc) is 2.34. The van der Waals surface area contributed by atoms with E-state index in [1.807, 2.05) is 0 Å². The van der Waals surface area contributed by atoms with Crippen LogP contribution >= 0.6 is 0 Å². The molecule has 1 aliphatic heterocycles. The lowest BCUT2D eigenvalue weighted by Crippen LogP contribution is -2.41. The highest BCUT2D eigenvalue weighted by molar-refractivity contribution is 5.29. The first-order valence-electron chi connectivity index (χ1n) is 5.82. The Hall–Kier alpha value is -1.20. The van der Waals surface area contributed by atoms with Crippen LogP contribution < -0.4 is 5.43 Å². The maximum atomic E-state index is 13.1. The van der Waals surface area contributed by atoms with Crippen molar-refractivity contribution in [3.05, 3.63) is 29.3 Å². The van der Waals surface area contributed by atoms with E-state index in [1.54, 1.807) is 0 Å². The van der Waals surface area contributed by atoms with Crippen LogP contribution in [0.5, 0.6) is 5.75 Å². The number of hydrogen-bond donors (Lipinski definition) is 2. The third-order valence-electron chi connectivity index (χ3n) is 2.94. The summed E-state index contributed by atoms with van der Waals surface area (Å²) in [5.41, 5.74) is 3.62. The van der Waals surface area contributed by atoms with E-state index < -0.39 is 17.4 Å². The largest absolute Gasteiger partial charge is 0.503 e. The van der Waals surface area contributed by atoms with E-state index in [4.69, 9.17) is 5.11 Å². The van der Waals surface area contributed by atoms with Crippen LogP contribution in [-0.4, -0.2) is 23.2 Å². The van der Waals surface area contributed by atoms with E-state index in [0.717, 1.165) is 38.1 Å². The second kappa shape index (κ2) is 5.42. The summed E-state index contributed by atoms with van der Waals surface area (Å²) in [5.74, 6) is -2.74. The smallest absolute Gasteiger partial charge is 0.187 e. The first-order chi connectivity index (χ1) is 8.16. The fourth-order valence-corrected chi connectivity index (χ4v) is 1.98. The van der Waals surface area contributed by atoms with E-state index >= 15 is 0 Å². The Morgan fingerprint density at radius 2 is 1.71 bits per heavy atom. The Balaban J connectivity index is 1.94. The Morgan fingerprint density at radius 3 is 2.29 bits per heavy atom. The number of piperidine rings is 1. The van der Waals surface area contributed by atoms with Crippen LogP contribution in [0.4, 0.5) is 8.78 Å². The molecule has 5 heteroatoms. The van der Waals surface area contributed by atoms with Gasteiger partial charge in [-0.3, -0.25) is 5.43 Å². The molecule has 17 heavy (non-hydrogen) atoms. The minimum Gasteiger partial charge on any atom is -0.503 e. The van der Waals surface area contributed by atoms with Gasteiger partial charge in [0.1, 0.15) is 0 Å². The van der Waals surface area contributed by atoms with Gasteiger partial charge in [0.05, 0.1) is 0 Å². The quantitative estimate of drug-likeness (QED) is 0.852. The van der Waals surface area contributed by atoms with Gasteiger partial charge < -0.3 is 5.11 Å². The minimum absolute atomic E-state index is 0.369. The molecule has 0 saturated carbocycles. The van der Waals surface area contributed by atoms with Gasteiger partial charge in [0, 0.05) is 19.6 Å². The van der Waals surface area contributed by atoms with Crippen molar-refractivity contribution in [3.63, 3.8) is 0 Å². The van der Waals surface area contributed by atoms with Crippen LogP contribution in [0.15, 0.2) is 12.1 Å². The standard InChI is InChI=1S/C12H16F2N2O/c13-10-6-9(7-11(14)12(10)17)8-15-16-4-2-1-3-5-16/h6-7,15,17H,1-5,8H2. The molecule has 1 aromatic rings. The number of nitrogens with zero attached hydrogens (tertiary/aromatic N) is 1. The summed E-state index contributed by atoms with van der Waals surface area (Å²) in [6.07, 6.45) is 3.53. The molecule has 1 aliphatic rings. The molecule has 1 aromatic carbocycles. The highest BCUT2D eigenvalue weighted by atomic mass is 19.1. The number of phenols is 1. The highest BCUT2D eigenvalue weighted by Crippen LogP contribution is 2.21. The van der Waals surface area contributed by atoms with Gasteiger partial charge in [-0.15, -0.1) is 0 Å². The molecule has 0 radical (unpaired) electrons. The zero-order chi connectivity index (χ0) is 12.3. The van der Waals surface area contributed by atoms with E-state index in [0.29, 0.717) is 12.1 Å². The van der Waals surface area contributed by atoms with Gasteiger partial charge in [-0.25, -0.2) is 13.8 Å². The van der Waals surface area contributed by atoms with Gasteiger partial charge in [-0.2, -0.15) is 0 Å². The van der Waals surface area contributed by atoms with Crippen molar-refractivity contribution in [2.75, 3.05) is 13.1 Å². The zero-order valence-corrected chi connectivity index (χ0v) is 9.55. The van der Waals surface area contributed by atoms with E-state index in [-0.39, 0.29) is 0 Å². The van der Waals surface area contributed by atoms with Gasteiger partial charge in [0.15, 0.2) is 17.4 Å². The second-order valence-electron chi connectivity index (χ2n) is 4.29. The molecule has 1 heterocycles. The second-order valence-corrected chi connectivity index (χ2v) is 4.29. The number of aromatic hydroxyl groups is 1. The molecule has 0 spiro atoms. The third kappa shape index (κ3) is 3.14. The summed E-state index contributed by atoms with van der Waals surface area (Å²) in [6, 6.07) is 2.30. The van der Waals surface area contributed by atoms with E-state index in [2.05, 4.69) is 10.4 Å². The third-order valence-corrected chi connectivity index (χ3v) is 2.94. The predicted molar refractivity (Wildman–Crippen MR) is 60.3 cm³/mol. The molecule has 2 rings (SSSR count). The predicted octanol–water partition coefficient (Wildman–Crippen LogP) is 2.16. The molecule has 94 valence electrons. The average molecular weight is 242 g/mol. The van der Waals surface area contributed by atoms with E-state index in [9.17, 15) is 8.78 Å². The van der Waals surface area contributed by atoms with Gasteiger partial charge in [-0.1, -0.05) is 6.42 Å². The zero-order valence-electron chi connectivity index (χ0n) is 9.55. The van der Waals surface area contributed by atoms with Crippen LogP contribution in [0.3, 0.4) is 0 Å². The minimum atomic E-state index is -0.916. The molecule has 0 aromatic heterocycles. The molecule has 0 bridgehead atoms. The summed E-state index contributed by atoms with van der Waals surface area (Å²) in [4.78, 5) is 0. The lowest BCUT2D eigenvalue weighted by atomic mass is 10.1. The maximum absolute atomic E-state index is 13.1. The number of rotatable bonds is 3. The Kier molecular flexibility index (Phi) is 3.91. The summed E-state index contributed by atoms with van der Waals surface area (Å²) in [7, 11) is 0. The molecule has 1 saturated heterocycles. The molecule has 0 unspecified atom stereocenters. The molecule has 2 N–H and O–H groups in total. The molecule has 0 amide bonds. The van der Waals surface area contributed by atoms with Gasteiger partial charge in [0.2, 0.25) is 0 Å². The number of halogens is 2. The summed E-state index contributed by atoms with van der Waals surface area (Å²) < 4.78 is 26.1. The fraction of sp³-hybridized carbons (Fsp3) is 0.500. The number of nitrogens with one attached hydrogen (secondary N) is 1. The van der Waals surface area contributed by atoms with Crippen molar-refractivity contribution in [2.24, 2.45) is 0 Å². The fourth-order valence-electron chi connectivity index (χ4n) is 1.98. The highest BCUT2D eigenvalue weighted by Gasteiger charge is 2.12. The van der Waals surface area contributed by atoms with E-state index in [1.165, 1.54) is 6.42 Å². The number of phenolic OH excluding ortho intramolecular Hbond substituents is 1. The molecule has 0 aliphatic carbocycles.